The molecule has 11 heteroatoms. The van der Waals surface area contributed by atoms with Crippen LogP contribution in [0.3, 0.4) is 0 Å². The molecule has 0 saturated carbocycles. The number of fused-ring (bicyclic) bond motifs is 1. The van der Waals surface area contributed by atoms with Crippen molar-refractivity contribution in [3.05, 3.63) is 46.8 Å². The second kappa shape index (κ2) is 8.30. The predicted octanol–water partition coefficient (Wildman–Crippen LogP) is -0.245. The Labute approximate surface area is 179 Å². The number of benzene rings is 2. The highest BCUT2D eigenvalue weighted by Gasteiger charge is 2.45. The van der Waals surface area contributed by atoms with E-state index in [1.165, 1.54) is 24.3 Å². The van der Waals surface area contributed by atoms with Crippen LogP contribution < -0.4 is 10.2 Å². The first-order valence-electron chi connectivity index (χ1n) is 9.50. The van der Waals surface area contributed by atoms with Crippen LogP contribution in [-0.2, 0) is 4.74 Å². The molecule has 3 aromatic rings. The maximum Gasteiger partial charge on any atom is 0.229 e. The van der Waals surface area contributed by atoms with Gasteiger partial charge in [-0.05, 0) is 17.7 Å². The minimum Gasteiger partial charge on any atom is -0.508 e. The smallest absolute Gasteiger partial charge is 0.229 e. The van der Waals surface area contributed by atoms with Gasteiger partial charge < -0.3 is 49.6 Å². The molecule has 0 spiro atoms. The molecular weight excluding hydrogens is 428 g/mol. The van der Waals surface area contributed by atoms with E-state index in [1.54, 1.807) is 0 Å². The lowest BCUT2D eigenvalue weighted by molar-refractivity contribution is -0.277. The van der Waals surface area contributed by atoms with Gasteiger partial charge >= 0.3 is 0 Å². The molecule has 0 amide bonds. The van der Waals surface area contributed by atoms with Crippen LogP contribution in [0.5, 0.6) is 23.0 Å². The van der Waals surface area contributed by atoms with E-state index in [0.717, 1.165) is 12.3 Å². The second-order valence-electron chi connectivity index (χ2n) is 7.29. The highest BCUT2D eigenvalue weighted by molar-refractivity contribution is 5.91. The first-order valence-corrected chi connectivity index (χ1v) is 9.50. The molecule has 0 aliphatic carbocycles. The van der Waals surface area contributed by atoms with E-state index in [4.69, 9.17) is 13.9 Å². The van der Waals surface area contributed by atoms with Crippen LogP contribution in [0.4, 0.5) is 0 Å². The summed E-state index contributed by atoms with van der Waals surface area (Å²) >= 11 is 0. The van der Waals surface area contributed by atoms with Crippen molar-refractivity contribution in [2.75, 3.05) is 6.61 Å². The summed E-state index contributed by atoms with van der Waals surface area (Å²) in [5.74, 6) is -2.16. The Balaban J connectivity index is 1.73. The summed E-state index contributed by atoms with van der Waals surface area (Å²) in [5, 5.41) is 69.0. The minimum atomic E-state index is -1.76. The summed E-state index contributed by atoms with van der Waals surface area (Å²) in [6, 6.07) is 6.76. The van der Waals surface area contributed by atoms with Gasteiger partial charge in [-0.3, -0.25) is 4.79 Å². The highest BCUT2D eigenvalue weighted by atomic mass is 16.7. The molecular formula is C21H20O11. The second-order valence-corrected chi connectivity index (χ2v) is 7.29. The van der Waals surface area contributed by atoms with Crippen molar-refractivity contribution in [1.29, 1.82) is 0 Å². The normalized spacial score (nSPS) is 25.7. The molecule has 0 bridgehead atoms. The number of hydrogen-bond donors (Lipinski definition) is 7. The van der Waals surface area contributed by atoms with Gasteiger partial charge in [-0.25, -0.2) is 0 Å². The monoisotopic (exact) mass is 448 g/mol. The number of phenolic OH excluding ortho intramolecular Hbond substituents is 3. The van der Waals surface area contributed by atoms with E-state index in [-0.39, 0.29) is 22.3 Å². The van der Waals surface area contributed by atoms with E-state index in [9.17, 15) is 40.5 Å². The zero-order chi connectivity index (χ0) is 23.2. The topological polar surface area (TPSA) is 190 Å². The van der Waals surface area contributed by atoms with Crippen molar-refractivity contribution < 1.29 is 49.6 Å². The molecule has 11 nitrogen and oxygen atoms in total. The van der Waals surface area contributed by atoms with Crippen molar-refractivity contribution in [3.8, 4) is 34.1 Å². The lowest BCUT2D eigenvalue weighted by Gasteiger charge is -2.39. The van der Waals surface area contributed by atoms with Crippen molar-refractivity contribution in [2.24, 2.45) is 0 Å². The zero-order valence-electron chi connectivity index (χ0n) is 16.3. The van der Waals surface area contributed by atoms with Crippen molar-refractivity contribution in [2.45, 2.75) is 30.7 Å². The van der Waals surface area contributed by atoms with E-state index in [1.807, 2.05) is 0 Å². The molecule has 2 heterocycles. The van der Waals surface area contributed by atoms with Crippen LogP contribution in [0.15, 0.2) is 45.8 Å². The Hall–Kier alpha value is -3.35. The molecule has 170 valence electrons. The number of aromatic hydroxyl groups is 3. The van der Waals surface area contributed by atoms with E-state index >= 15 is 0 Å². The summed E-state index contributed by atoms with van der Waals surface area (Å²) in [6.45, 7) is -0.686. The third kappa shape index (κ3) is 3.61. The minimum absolute atomic E-state index is 0.00518. The summed E-state index contributed by atoms with van der Waals surface area (Å²) in [6.07, 6.45) is -6.83. The molecule has 4 rings (SSSR count). The summed E-state index contributed by atoms with van der Waals surface area (Å²) in [4.78, 5) is 12.9. The Morgan fingerprint density at radius 3 is 2.28 bits per heavy atom. The van der Waals surface area contributed by atoms with E-state index < -0.39 is 60.0 Å². The summed E-state index contributed by atoms with van der Waals surface area (Å²) in [5.41, 5.74) is -0.356. The van der Waals surface area contributed by atoms with Gasteiger partial charge in [0.15, 0.2) is 11.5 Å². The van der Waals surface area contributed by atoms with Crippen LogP contribution in [0.2, 0.25) is 0 Å². The fraction of sp³-hybridized carbons (Fsp3) is 0.286. The summed E-state index contributed by atoms with van der Waals surface area (Å²) in [7, 11) is 0. The van der Waals surface area contributed by atoms with Gasteiger partial charge in [0.25, 0.3) is 0 Å². The van der Waals surface area contributed by atoms with Crippen LogP contribution in [0, 0.1) is 0 Å². The average molecular weight is 448 g/mol. The molecule has 1 aromatic heterocycles. The Kier molecular flexibility index (Phi) is 5.67. The standard InChI is InChI=1S/C21H20O11/c22-6-13-17(26)19(28)20(29)21(32-13)31-12-5-11-14(18(27)16(12)25)15(24)10(7-30-11)8-1-3-9(23)4-2-8/h1-5,7,13,17,19-23,25-29H,6H2/t13-,17-,19+,20-,21-/m1/s1. The molecule has 1 saturated heterocycles. The molecule has 2 aromatic carbocycles. The molecule has 5 atom stereocenters. The Morgan fingerprint density at radius 2 is 1.62 bits per heavy atom. The third-order valence-electron chi connectivity index (χ3n) is 5.25. The molecule has 1 aliphatic heterocycles. The average Bonchev–Trinajstić information content (AvgIpc) is 2.78. The maximum absolute atomic E-state index is 12.9. The fourth-order valence-corrected chi connectivity index (χ4v) is 3.45. The van der Waals surface area contributed by atoms with Gasteiger partial charge in [0, 0.05) is 6.07 Å². The van der Waals surface area contributed by atoms with Gasteiger partial charge in [-0.2, -0.15) is 0 Å². The lowest BCUT2D eigenvalue weighted by Crippen LogP contribution is -2.60. The quantitative estimate of drug-likeness (QED) is 0.261. The maximum atomic E-state index is 12.9. The van der Waals surface area contributed by atoms with Gasteiger partial charge in [-0.15, -0.1) is 0 Å². The number of hydrogen-bond acceptors (Lipinski definition) is 11. The lowest BCUT2D eigenvalue weighted by atomic mass is 9.99. The van der Waals surface area contributed by atoms with Gasteiger partial charge in [0.2, 0.25) is 17.5 Å². The fourth-order valence-electron chi connectivity index (χ4n) is 3.45. The largest absolute Gasteiger partial charge is 0.508 e. The number of ether oxygens (including phenoxy) is 2. The highest BCUT2D eigenvalue weighted by Crippen LogP contribution is 2.42. The number of aliphatic hydroxyl groups excluding tert-OH is 4. The zero-order valence-corrected chi connectivity index (χ0v) is 16.3. The number of aliphatic hydroxyl groups is 4. The van der Waals surface area contributed by atoms with Crippen LogP contribution in [0.25, 0.3) is 22.1 Å². The molecule has 0 radical (unpaired) electrons. The number of phenols is 3. The van der Waals surface area contributed by atoms with Gasteiger partial charge in [-0.1, -0.05) is 12.1 Å². The molecule has 0 unspecified atom stereocenters. The Morgan fingerprint density at radius 1 is 0.938 bits per heavy atom. The van der Waals surface area contributed by atoms with E-state index in [2.05, 4.69) is 0 Å². The van der Waals surface area contributed by atoms with Crippen LogP contribution >= 0.6 is 0 Å². The van der Waals surface area contributed by atoms with Crippen LogP contribution in [-0.4, -0.2) is 73.1 Å². The SMILES string of the molecule is O=c1c(-c2ccc(O)cc2)coc2cc(O[C@@H]3O[C@H](CO)[C@@H](O)[C@H](O)[C@H]3O)c(O)c(O)c12. The van der Waals surface area contributed by atoms with E-state index in [0.29, 0.717) is 5.56 Å². The van der Waals surface area contributed by atoms with Gasteiger partial charge in [0.1, 0.15) is 47.4 Å². The van der Waals surface area contributed by atoms with Crippen molar-refractivity contribution in [1.82, 2.24) is 0 Å². The summed E-state index contributed by atoms with van der Waals surface area (Å²) < 4.78 is 16.0. The van der Waals surface area contributed by atoms with Gasteiger partial charge in [0.05, 0.1) is 12.2 Å². The molecule has 1 aliphatic rings. The Bertz CT molecular complexity index is 1190. The first kappa shape index (κ1) is 21.9. The predicted molar refractivity (Wildman–Crippen MR) is 107 cm³/mol. The third-order valence-corrected chi connectivity index (χ3v) is 5.25. The molecule has 7 N–H and O–H groups in total. The number of rotatable bonds is 4. The van der Waals surface area contributed by atoms with Crippen molar-refractivity contribution >= 4 is 11.0 Å². The molecule has 1 fully saturated rings. The van der Waals surface area contributed by atoms with Crippen molar-refractivity contribution in [3.63, 3.8) is 0 Å². The molecule has 32 heavy (non-hydrogen) atoms. The first-order chi connectivity index (χ1) is 15.2. The van der Waals surface area contributed by atoms with Crippen LogP contribution in [0.1, 0.15) is 0 Å².